The molecule has 0 saturated carbocycles. The number of rotatable bonds is 3. The van der Waals surface area contributed by atoms with Crippen LogP contribution in [0.25, 0.3) is 6.08 Å². The molecule has 154 valence electrons. The summed E-state index contributed by atoms with van der Waals surface area (Å²) in [5.41, 5.74) is 0.756. The molecule has 2 aliphatic heterocycles. The van der Waals surface area contributed by atoms with Gasteiger partial charge in [-0.1, -0.05) is 18.2 Å². The van der Waals surface area contributed by atoms with E-state index in [0.717, 1.165) is 23.9 Å². The number of amides is 4. The van der Waals surface area contributed by atoms with E-state index in [1.165, 1.54) is 12.4 Å². The number of aromatic nitrogens is 3. The maximum Gasteiger partial charge on any atom is 0.321 e. The van der Waals surface area contributed by atoms with E-state index < -0.39 is 11.1 Å². The highest BCUT2D eigenvalue weighted by Gasteiger charge is 2.26. The summed E-state index contributed by atoms with van der Waals surface area (Å²) in [6.07, 6.45) is 3.60. The summed E-state index contributed by atoms with van der Waals surface area (Å²) in [5.74, 6) is 0.314. The molecule has 2 saturated heterocycles. The molecule has 1 aromatic heterocycles. The van der Waals surface area contributed by atoms with Crippen molar-refractivity contribution < 1.29 is 14.4 Å². The highest BCUT2D eigenvalue weighted by atomic mass is 32.2. The van der Waals surface area contributed by atoms with E-state index in [9.17, 15) is 14.4 Å². The van der Waals surface area contributed by atoms with Crippen molar-refractivity contribution in [3.63, 3.8) is 0 Å². The van der Waals surface area contributed by atoms with Gasteiger partial charge in [-0.05, 0) is 30.3 Å². The van der Waals surface area contributed by atoms with Crippen molar-refractivity contribution in [3.8, 4) is 0 Å². The van der Waals surface area contributed by atoms with Crippen molar-refractivity contribution in [1.29, 1.82) is 0 Å². The molecular weight excluding hydrogens is 406 g/mol. The van der Waals surface area contributed by atoms with Crippen LogP contribution in [-0.4, -0.2) is 63.2 Å². The second-order valence-corrected chi connectivity index (χ2v) is 7.63. The first-order valence-corrected chi connectivity index (χ1v) is 10.2. The van der Waals surface area contributed by atoms with Crippen LogP contribution >= 0.6 is 11.8 Å². The van der Waals surface area contributed by atoms with E-state index in [0.29, 0.717) is 38.0 Å². The fourth-order valence-corrected chi connectivity index (χ4v) is 3.76. The number of benzene rings is 1. The number of carbonyl (C=O) groups is 3. The zero-order valence-corrected chi connectivity index (χ0v) is 16.8. The largest absolute Gasteiger partial charge is 0.339 e. The van der Waals surface area contributed by atoms with Gasteiger partial charge in [-0.2, -0.15) is 4.98 Å². The Hall–Kier alpha value is -3.47. The van der Waals surface area contributed by atoms with E-state index in [4.69, 9.17) is 0 Å². The summed E-state index contributed by atoms with van der Waals surface area (Å²) in [6, 6.07) is 9.19. The first-order chi connectivity index (χ1) is 14.6. The normalized spacial score (nSPS) is 18.3. The Morgan fingerprint density at radius 3 is 2.70 bits per heavy atom. The third kappa shape index (κ3) is 4.74. The van der Waals surface area contributed by atoms with E-state index in [-0.39, 0.29) is 10.9 Å². The molecule has 4 rings (SSSR count). The number of urea groups is 1. The average molecular weight is 425 g/mol. The van der Waals surface area contributed by atoms with Crippen molar-refractivity contribution in [2.45, 2.75) is 6.42 Å². The minimum atomic E-state index is -0.457. The molecule has 2 N–H and O–H groups in total. The zero-order chi connectivity index (χ0) is 20.9. The standard InChI is InChI=1S/C19H19N7O3S/c27-16-14(30-19(29)24-16)11-15-20-12-21-17(23-15)25-7-4-8-26(10-9-25)18(28)22-13-5-2-1-3-6-13/h1-3,5-6,11-12H,4,7-10H2,(H,22,28)(H,24,27,29). The molecule has 3 heterocycles. The van der Waals surface area contributed by atoms with Crippen LogP contribution in [0.4, 0.5) is 21.2 Å². The van der Waals surface area contributed by atoms with Crippen LogP contribution in [0.2, 0.25) is 0 Å². The maximum absolute atomic E-state index is 12.5. The lowest BCUT2D eigenvalue weighted by atomic mass is 10.3. The van der Waals surface area contributed by atoms with Gasteiger partial charge in [-0.3, -0.25) is 14.9 Å². The van der Waals surface area contributed by atoms with Gasteiger partial charge in [0.15, 0.2) is 5.82 Å². The van der Waals surface area contributed by atoms with Gasteiger partial charge < -0.3 is 15.1 Å². The van der Waals surface area contributed by atoms with Gasteiger partial charge in [0, 0.05) is 37.9 Å². The van der Waals surface area contributed by atoms with E-state index in [1.807, 2.05) is 35.2 Å². The summed E-state index contributed by atoms with van der Waals surface area (Å²) >= 11 is 0.814. The smallest absolute Gasteiger partial charge is 0.321 e. The van der Waals surface area contributed by atoms with Crippen molar-refractivity contribution >= 4 is 46.7 Å². The predicted octanol–water partition coefficient (Wildman–Crippen LogP) is 1.94. The average Bonchev–Trinajstić information content (AvgIpc) is 2.94. The van der Waals surface area contributed by atoms with Crippen LogP contribution in [-0.2, 0) is 4.79 Å². The lowest BCUT2D eigenvalue weighted by molar-refractivity contribution is -0.115. The molecule has 10 nitrogen and oxygen atoms in total. The summed E-state index contributed by atoms with van der Waals surface area (Å²) in [5, 5.41) is 4.69. The third-order valence-electron chi connectivity index (χ3n) is 4.57. The molecule has 1 aromatic carbocycles. The van der Waals surface area contributed by atoms with Gasteiger partial charge >= 0.3 is 6.03 Å². The summed E-state index contributed by atoms with van der Waals surface area (Å²) in [7, 11) is 0. The second-order valence-electron chi connectivity index (χ2n) is 6.62. The molecule has 11 heteroatoms. The number of anilines is 2. The molecule has 0 bridgehead atoms. The summed E-state index contributed by atoms with van der Waals surface area (Å²) in [4.78, 5) is 52.2. The lowest BCUT2D eigenvalue weighted by Gasteiger charge is -2.22. The lowest BCUT2D eigenvalue weighted by Crippen LogP contribution is -2.38. The van der Waals surface area contributed by atoms with Gasteiger partial charge in [0.1, 0.15) is 6.33 Å². The van der Waals surface area contributed by atoms with Gasteiger partial charge in [0.2, 0.25) is 5.95 Å². The molecule has 30 heavy (non-hydrogen) atoms. The molecule has 4 amide bonds. The molecule has 2 aliphatic rings. The molecular formula is C19H19N7O3S. The molecule has 0 aliphatic carbocycles. The topological polar surface area (TPSA) is 120 Å². The highest BCUT2D eigenvalue weighted by Crippen LogP contribution is 2.24. The fraction of sp³-hybridized carbons (Fsp3) is 0.263. The van der Waals surface area contributed by atoms with Crippen LogP contribution < -0.4 is 15.5 Å². The van der Waals surface area contributed by atoms with Crippen LogP contribution in [0.1, 0.15) is 12.2 Å². The number of hydrogen-bond donors (Lipinski definition) is 2. The van der Waals surface area contributed by atoms with Crippen molar-refractivity contribution in [2.75, 3.05) is 36.4 Å². The molecule has 2 aromatic rings. The fourth-order valence-electron chi connectivity index (χ4n) is 3.10. The number of nitrogens with one attached hydrogen (secondary N) is 2. The van der Waals surface area contributed by atoms with Crippen LogP contribution in [0.3, 0.4) is 0 Å². The number of imide groups is 1. The molecule has 0 atom stereocenters. The second kappa shape index (κ2) is 8.91. The number of nitrogens with zero attached hydrogens (tertiary/aromatic N) is 5. The van der Waals surface area contributed by atoms with Crippen LogP contribution in [0.5, 0.6) is 0 Å². The Balaban J connectivity index is 1.41. The minimum Gasteiger partial charge on any atom is -0.339 e. The Bertz CT molecular complexity index is 999. The minimum absolute atomic E-state index is 0.141. The molecule has 2 fully saturated rings. The van der Waals surface area contributed by atoms with Crippen LogP contribution in [0, 0.1) is 0 Å². The number of thioether (sulfide) groups is 1. The highest BCUT2D eigenvalue weighted by molar-refractivity contribution is 8.18. The maximum atomic E-state index is 12.5. The monoisotopic (exact) mass is 425 g/mol. The van der Waals surface area contributed by atoms with Crippen molar-refractivity contribution in [2.24, 2.45) is 0 Å². The molecule has 0 radical (unpaired) electrons. The zero-order valence-electron chi connectivity index (χ0n) is 15.9. The van der Waals surface area contributed by atoms with Gasteiger partial charge in [-0.25, -0.2) is 14.8 Å². The molecule has 0 unspecified atom stereocenters. The number of para-hydroxylation sites is 1. The predicted molar refractivity (Wildman–Crippen MR) is 113 cm³/mol. The van der Waals surface area contributed by atoms with Crippen molar-refractivity contribution in [3.05, 3.63) is 47.4 Å². The number of carbonyl (C=O) groups excluding carboxylic acids is 3. The SMILES string of the molecule is O=C1NC(=O)C(=Cc2ncnc(N3CCCN(C(=O)Nc4ccccc4)CC3)n2)S1. The Labute approximate surface area is 176 Å². The number of hydrogen-bond acceptors (Lipinski definition) is 8. The van der Waals surface area contributed by atoms with E-state index in [1.54, 1.807) is 4.90 Å². The first kappa shape index (κ1) is 19.8. The Kier molecular flexibility index (Phi) is 5.89. The Morgan fingerprint density at radius 2 is 1.93 bits per heavy atom. The summed E-state index contributed by atoms with van der Waals surface area (Å²) in [6.45, 7) is 2.39. The Morgan fingerprint density at radius 1 is 1.10 bits per heavy atom. The van der Waals surface area contributed by atoms with Gasteiger partial charge in [-0.15, -0.1) is 0 Å². The van der Waals surface area contributed by atoms with Gasteiger partial charge in [0.25, 0.3) is 11.1 Å². The van der Waals surface area contributed by atoms with E-state index >= 15 is 0 Å². The molecule has 0 spiro atoms. The van der Waals surface area contributed by atoms with Gasteiger partial charge in [0.05, 0.1) is 4.91 Å². The van der Waals surface area contributed by atoms with Crippen LogP contribution in [0.15, 0.2) is 41.6 Å². The first-order valence-electron chi connectivity index (χ1n) is 9.38. The quantitative estimate of drug-likeness (QED) is 0.716. The summed E-state index contributed by atoms with van der Waals surface area (Å²) < 4.78 is 0. The third-order valence-corrected chi connectivity index (χ3v) is 5.38. The van der Waals surface area contributed by atoms with E-state index in [2.05, 4.69) is 25.6 Å². The van der Waals surface area contributed by atoms with Crippen molar-refractivity contribution in [1.82, 2.24) is 25.2 Å².